The van der Waals surface area contributed by atoms with Crippen LogP contribution < -0.4 is 0 Å². The van der Waals surface area contributed by atoms with Crippen LogP contribution in [0, 0.1) is 5.92 Å². The van der Waals surface area contributed by atoms with E-state index in [1.807, 2.05) is 19.2 Å². The number of pyridine rings is 1. The number of rotatable bonds is 4. The zero-order chi connectivity index (χ0) is 13.3. The van der Waals surface area contributed by atoms with Gasteiger partial charge in [-0.05, 0) is 25.8 Å². The van der Waals surface area contributed by atoms with Crippen molar-refractivity contribution in [2.75, 3.05) is 0 Å². The van der Waals surface area contributed by atoms with E-state index in [9.17, 15) is 0 Å². The summed E-state index contributed by atoms with van der Waals surface area (Å²) in [6, 6.07) is 2.41. The van der Waals surface area contributed by atoms with Crippen LogP contribution in [-0.4, -0.2) is 14.5 Å². The maximum Gasteiger partial charge on any atom is 0.128 e. The average Bonchev–Trinajstić information content (AvgIpc) is 2.76. The summed E-state index contributed by atoms with van der Waals surface area (Å²) in [5.74, 6) is 1.53. The van der Waals surface area contributed by atoms with Crippen molar-refractivity contribution in [1.29, 1.82) is 0 Å². The molecule has 3 atom stereocenters. The van der Waals surface area contributed by atoms with E-state index in [2.05, 4.69) is 35.3 Å². The summed E-state index contributed by atoms with van der Waals surface area (Å²) in [5, 5.41) is -0.0936. The molecule has 2 aromatic heterocycles. The highest BCUT2D eigenvalue weighted by Gasteiger charge is 2.21. The molecule has 0 fully saturated rings. The molecule has 0 aromatic carbocycles. The van der Waals surface area contributed by atoms with E-state index in [1.54, 1.807) is 6.20 Å². The molecule has 0 saturated carbocycles. The van der Waals surface area contributed by atoms with Gasteiger partial charge in [-0.3, -0.25) is 4.98 Å². The highest BCUT2D eigenvalue weighted by Crippen LogP contribution is 2.31. The van der Waals surface area contributed by atoms with Crippen LogP contribution in [0.15, 0.2) is 18.5 Å². The number of fused-ring (bicyclic) bond motifs is 1. The topological polar surface area (TPSA) is 30.7 Å². The van der Waals surface area contributed by atoms with Crippen LogP contribution in [0.1, 0.15) is 51.4 Å². The number of alkyl halides is 1. The summed E-state index contributed by atoms with van der Waals surface area (Å²) in [6.45, 7) is 8.68. The number of halogens is 1. The lowest BCUT2D eigenvalue weighted by Gasteiger charge is -2.23. The lowest BCUT2D eigenvalue weighted by atomic mass is 10.0. The van der Waals surface area contributed by atoms with E-state index < -0.39 is 0 Å². The average molecular weight is 266 g/mol. The van der Waals surface area contributed by atoms with Crippen molar-refractivity contribution in [3.05, 3.63) is 24.3 Å². The molecule has 4 heteroatoms. The third-order valence-electron chi connectivity index (χ3n) is 3.75. The summed E-state index contributed by atoms with van der Waals surface area (Å²) >= 11 is 6.27. The number of aromatic nitrogens is 3. The maximum absolute atomic E-state index is 6.27. The molecule has 0 aliphatic heterocycles. The second kappa shape index (κ2) is 5.27. The Hall–Kier alpha value is -1.09. The molecule has 18 heavy (non-hydrogen) atoms. The van der Waals surface area contributed by atoms with Gasteiger partial charge in [0.1, 0.15) is 11.3 Å². The Morgan fingerprint density at radius 3 is 2.67 bits per heavy atom. The fraction of sp³-hybridized carbons (Fsp3) is 0.571. The predicted molar refractivity (Wildman–Crippen MR) is 76.0 cm³/mol. The second-order valence-electron chi connectivity index (χ2n) is 4.95. The number of hydrogen-bond acceptors (Lipinski definition) is 2. The number of imidazole rings is 1. The first kappa shape index (κ1) is 13.3. The molecular formula is C14H20ClN3. The van der Waals surface area contributed by atoms with Crippen molar-refractivity contribution in [3.8, 4) is 0 Å². The van der Waals surface area contributed by atoms with Crippen molar-refractivity contribution >= 4 is 22.6 Å². The third-order valence-corrected chi connectivity index (χ3v) is 3.94. The molecule has 2 rings (SSSR count). The molecule has 0 radical (unpaired) electrons. The Labute approximate surface area is 113 Å². The largest absolute Gasteiger partial charge is 0.324 e. The molecular weight excluding hydrogens is 246 g/mol. The zero-order valence-electron chi connectivity index (χ0n) is 11.4. The lowest BCUT2D eigenvalue weighted by Crippen LogP contribution is -2.16. The molecule has 2 heterocycles. The minimum absolute atomic E-state index is 0.0936. The van der Waals surface area contributed by atoms with Gasteiger partial charge in [0, 0.05) is 12.2 Å². The molecule has 3 nitrogen and oxygen atoms in total. The van der Waals surface area contributed by atoms with Crippen molar-refractivity contribution in [1.82, 2.24) is 14.5 Å². The first-order chi connectivity index (χ1) is 8.56. The van der Waals surface area contributed by atoms with E-state index in [1.165, 1.54) is 0 Å². The molecule has 2 aromatic rings. The van der Waals surface area contributed by atoms with Crippen LogP contribution in [0.4, 0.5) is 0 Å². The van der Waals surface area contributed by atoms with E-state index in [0.717, 1.165) is 23.3 Å². The molecule has 0 bridgehead atoms. The Bertz CT molecular complexity index is 533. The molecule has 0 spiro atoms. The fourth-order valence-corrected chi connectivity index (χ4v) is 2.43. The smallest absolute Gasteiger partial charge is 0.128 e. The quantitative estimate of drug-likeness (QED) is 0.770. The van der Waals surface area contributed by atoms with Crippen molar-refractivity contribution in [3.63, 3.8) is 0 Å². The first-order valence-corrected chi connectivity index (χ1v) is 6.95. The summed E-state index contributed by atoms with van der Waals surface area (Å²) < 4.78 is 2.27. The summed E-state index contributed by atoms with van der Waals surface area (Å²) in [5.41, 5.74) is 2.05. The van der Waals surface area contributed by atoms with Crippen LogP contribution in [-0.2, 0) is 0 Å². The predicted octanol–water partition coefficient (Wildman–Crippen LogP) is 4.34. The van der Waals surface area contributed by atoms with E-state index in [4.69, 9.17) is 11.6 Å². The van der Waals surface area contributed by atoms with Gasteiger partial charge >= 0.3 is 0 Å². The SMILES string of the molecule is CCC(C)C(C)n1c(C(C)Cl)nc2cnccc21. The Morgan fingerprint density at radius 1 is 1.33 bits per heavy atom. The lowest BCUT2D eigenvalue weighted by molar-refractivity contribution is 0.369. The second-order valence-corrected chi connectivity index (χ2v) is 5.60. The highest BCUT2D eigenvalue weighted by molar-refractivity contribution is 6.20. The van der Waals surface area contributed by atoms with Gasteiger partial charge in [-0.15, -0.1) is 11.6 Å². The Balaban J connectivity index is 2.61. The monoisotopic (exact) mass is 265 g/mol. The van der Waals surface area contributed by atoms with E-state index >= 15 is 0 Å². The van der Waals surface area contributed by atoms with Crippen LogP contribution in [0.2, 0.25) is 0 Å². The van der Waals surface area contributed by atoms with Gasteiger partial charge in [-0.1, -0.05) is 20.3 Å². The highest BCUT2D eigenvalue weighted by atomic mass is 35.5. The van der Waals surface area contributed by atoms with Gasteiger partial charge < -0.3 is 4.57 Å². The van der Waals surface area contributed by atoms with E-state index in [-0.39, 0.29) is 5.38 Å². The molecule has 98 valence electrons. The van der Waals surface area contributed by atoms with Gasteiger partial charge in [-0.25, -0.2) is 4.98 Å². The fourth-order valence-electron chi connectivity index (χ4n) is 2.27. The van der Waals surface area contributed by atoms with Gasteiger partial charge in [0.15, 0.2) is 0 Å². The Morgan fingerprint density at radius 2 is 2.06 bits per heavy atom. The summed E-state index contributed by atoms with van der Waals surface area (Å²) in [7, 11) is 0. The van der Waals surface area contributed by atoms with Gasteiger partial charge in [0.2, 0.25) is 0 Å². The first-order valence-electron chi connectivity index (χ1n) is 6.52. The van der Waals surface area contributed by atoms with Crippen molar-refractivity contribution < 1.29 is 0 Å². The van der Waals surface area contributed by atoms with Crippen LogP contribution in [0.25, 0.3) is 11.0 Å². The molecule has 0 aliphatic rings. The Kier molecular flexibility index (Phi) is 3.91. The molecule has 0 aliphatic carbocycles. The van der Waals surface area contributed by atoms with Gasteiger partial charge in [-0.2, -0.15) is 0 Å². The standard InChI is InChI=1S/C14H20ClN3/c1-5-9(2)11(4)18-13-6-7-16-8-12(13)17-14(18)10(3)15/h6-11H,5H2,1-4H3. The summed E-state index contributed by atoms with van der Waals surface area (Å²) in [4.78, 5) is 8.75. The number of hydrogen-bond donors (Lipinski definition) is 0. The third kappa shape index (κ3) is 2.24. The summed E-state index contributed by atoms with van der Waals surface area (Å²) in [6.07, 6.45) is 4.76. The molecule has 0 saturated heterocycles. The molecule has 3 unspecified atom stereocenters. The molecule has 0 N–H and O–H groups in total. The minimum atomic E-state index is -0.0936. The molecule has 0 amide bonds. The van der Waals surface area contributed by atoms with Crippen molar-refractivity contribution in [2.24, 2.45) is 5.92 Å². The van der Waals surface area contributed by atoms with Crippen molar-refractivity contribution in [2.45, 2.75) is 45.5 Å². The maximum atomic E-state index is 6.27. The van der Waals surface area contributed by atoms with Gasteiger partial charge in [0.25, 0.3) is 0 Å². The van der Waals surface area contributed by atoms with Crippen LogP contribution in [0.3, 0.4) is 0 Å². The number of nitrogens with zero attached hydrogens (tertiary/aromatic N) is 3. The zero-order valence-corrected chi connectivity index (χ0v) is 12.1. The van der Waals surface area contributed by atoms with Gasteiger partial charge in [0.05, 0.1) is 17.1 Å². The normalized spacial score (nSPS) is 16.7. The van der Waals surface area contributed by atoms with Crippen LogP contribution in [0.5, 0.6) is 0 Å². The van der Waals surface area contributed by atoms with E-state index in [0.29, 0.717) is 12.0 Å². The minimum Gasteiger partial charge on any atom is -0.324 e. The van der Waals surface area contributed by atoms with Crippen LogP contribution >= 0.6 is 11.6 Å².